The summed E-state index contributed by atoms with van der Waals surface area (Å²) >= 11 is 0. The summed E-state index contributed by atoms with van der Waals surface area (Å²) in [6.45, 7) is 4.39. The van der Waals surface area contributed by atoms with Crippen LogP contribution >= 0.6 is 0 Å². The Balaban J connectivity index is 2.43. The van der Waals surface area contributed by atoms with E-state index >= 15 is 0 Å². The maximum Gasteiger partial charge on any atom is 0.248 e. The van der Waals surface area contributed by atoms with Crippen molar-refractivity contribution in [3.05, 3.63) is 29.8 Å². The van der Waals surface area contributed by atoms with Gasteiger partial charge in [-0.3, -0.25) is 4.79 Å². The molecule has 0 saturated heterocycles. The molecule has 94 valence electrons. The third-order valence-corrected chi connectivity index (χ3v) is 2.82. The zero-order valence-corrected chi connectivity index (χ0v) is 10.7. The molecule has 3 nitrogen and oxygen atoms in total. The van der Waals surface area contributed by atoms with Gasteiger partial charge in [0.05, 0.1) is 0 Å². The number of nitrogens with one attached hydrogen (secondary N) is 1. The number of carbonyl (C=O) groups excluding carboxylic acids is 1. The van der Waals surface area contributed by atoms with E-state index in [4.69, 9.17) is 5.73 Å². The molecule has 0 aliphatic carbocycles. The van der Waals surface area contributed by atoms with Crippen LogP contribution in [0.4, 0.5) is 5.69 Å². The summed E-state index contributed by atoms with van der Waals surface area (Å²) in [6.07, 6.45) is 4.96. The third kappa shape index (κ3) is 4.89. The Kier molecular flexibility index (Phi) is 5.53. The van der Waals surface area contributed by atoms with Gasteiger partial charge < -0.3 is 11.1 Å². The summed E-state index contributed by atoms with van der Waals surface area (Å²) in [7, 11) is 0. The van der Waals surface area contributed by atoms with Crippen molar-refractivity contribution in [2.24, 2.45) is 5.73 Å². The predicted octanol–water partition coefficient (Wildman–Crippen LogP) is 3.17. The molecule has 0 fully saturated rings. The highest BCUT2D eigenvalue weighted by molar-refractivity contribution is 5.93. The molecular weight excluding hydrogens is 212 g/mol. The van der Waals surface area contributed by atoms with Crippen LogP contribution in [0.5, 0.6) is 0 Å². The van der Waals surface area contributed by atoms with Gasteiger partial charge in [0, 0.05) is 17.3 Å². The molecule has 1 rings (SSSR count). The zero-order chi connectivity index (χ0) is 12.7. The molecule has 1 aromatic carbocycles. The smallest absolute Gasteiger partial charge is 0.248 e. The van der Waals surface area contributed by atoms with Gasteiger partial charge >= 0.3 is 0 Å². The summed E-state index contributed by atoms with van der Waals surface area (Å²) < 4.78 is 0. The van der Waals surface area contributed by atoms with Crippen LogP contribution in [0.1, 0.15) is 49.9 Å². The van der Waals surface area contributed by atoms with Crippen LogP contribution in [-0.4, -0.2) is 11.9 Å². The highest BCUT2D eigenvalue weighted by atomic mass is 16.1. The quantitative estimate of drug-likeness (QED) is 0.712. The summed E-state index contributed by atoms with van der Waals surface area (Å²) in [6, 6.07) is 7.76. The number of hydrogen-bond donors (Lipinski definition) is 2. The number of anilines is 1. The third-order valence-electron chi connectivity index (χ3n) is 2.82. The molecule has 0 heterocycles. The standard InChI is InChI=1S/C14H22N2O/c1-3-4-5-6-11(2)16-13-9-7-12(8-10-13)14(15)17/h7-11,16H,3-6H2,1-2H3,(H2,15,17). The average molecular weight is 234 g/mol. The number of amides is 1. The molecule has 0 aliphatic rings. The van der Waals surface area contributed by atoms with Crippen LogP contribution in [-0.2, 0) is 0 Å². The largest absolute Gasteiger partial charge is 0.383 e. The van der Waals surface area contributed by atoms with E-state index in [2.05, 4.69) is 19.2 Å². The zero-order valence-electron chi connectivity index (χ0n) is 10.7. The van der Waals surface area contributed by atoms with Gasteiger partial charge in [0.1, 0.15) is 0 Å². The second-order valence-electron chi connectivity index (χ2n) is 4.48. The Labute approximate surface area is 103 Å². The van der Waals surface area contributed by atoms with Gasteiger partial charge in [-0.2, -0.15) is 0 Å². The normalized spacial score (nSPS) is 12.1. The lowest BCUT2D eigenvalue weighted by Crippen LogP contribution is -2.15. The summed E-state index contributed by atoms with van der Waals surface area (Å²) in [5.74, 6) is -0.382. The first-order valence-electron chi connectivity index (χ1n) is 6.30. The highest BCUT2D eigenvalue weighted by Gasteiger charge is 2.03. The average Bonchev–Trinajstić information content (AvgIpc) is 2.30. The van der Waals surface area contributed by atoms with Crippen molar-refractivity contribution in [2.45, 2.75) is 45.6 Å². The van der Waals surface area contributed by atoms with E-state index in [1.54, 1.807) is 12.1 Å². The van der Waals surface area contributed by atoms with Gasteiger partial charge in [-0.05, 0) is 37.6 Å². The topological polar surface area (TPSA) is 55.1 Å². The first-order chi connectivity index (χ1) is 8.13. The Morgan fingerprint density at radius 1 is 1.29 bits per heavy atom. The van der Waals surface area contributed by atoms with Crippen LogP contribution in [0.3, 0.4) is 0 Å². The van der Waals surface area contributed by atoms with Gasteiger partial charge in [-0.1, -0.05) is 26.2 Å². The lowest BCUT2D eigenvalue weighted by Gasteiger charge is -2.15. The molecule has 0 aromatic heterocycles. The van der Waals surface area contributed by atoms with Crippen LogP contribution in [0, 0.1) is 0 Å². The first-order valence-corrected chi connectivity index (χ1v) is 6.30. The lowest BCUT2D eigenvalue weighted by molar-refractivity contribution is 0.100. The fourth-order valence-electron chi connectivity index (χ4n) is 1.79. The molecule has 17 heavy (non-hydrogen) atoms. The molecule has 1 atom stereocenters. The van der Waals surface area contributed by atoms with Crippen molar-refractivity contribution in [1.29, 1.82) is 0 Å². The summed E-state index contributed by atoms with van der Waals surface area (Å²) in [5.41, 5.74) is 6.78. The van der Waals surface area contributed by atoms with Gasteiger partial charge in [0.15, 0.2) is 0 Å². The maximum atomic E-state index is 10.9. The molecule has 1 aromatic rings. The number of unbranched alkanes of at least 4 members (excludes halogenated alkanes) is 2. The monoisotopic (exact) mass is 234 g/mol. The summed E-state index contributed by atoms with van der Waals surface area (Å²) in [5, 5.41) is 3.41. The number of carbonyl (C=O) groups is 1. The Morgan fingerprint density at radius 3 is 2.47 bits per heavy atom. The summed E-state index contributed by atoms with van der Waals surface area (Å²) in [4.78, 5) is 10.9. The van der Waals surface area contributed by atoms with Crippen LogP contribution in [0.2, 0.25) is 0 Å². The Hall–Kier alpha value is -1.51. The Bertz CT molecular complexity index is 346. The molecule has 0 bridgehead atoms. The lowest BCUT2D eigenvalue weighted by atomic mass is 10.1. The highest BCUT2D eigenvalue weighted by Crippen LogP contribution is 2.13. The van der Waals surface area contributed by atoms with Crippen molar-refractivity contribution < 1.29 is 4.79 Å². The van der Waals surface area contributed by atoms with E-state index in [9.17, 15) is 4.79 Å². The predicted molar refractivity (Wildman–Crippen MR) is 72.2 cm³/mol. The fourth-order valence-corrected chi connectivity index (χ4v) is 1.79. The Morgan fingerprint density at radius 2 is 1.94 bits per heavy atom. The number of benzene rings is 1. The SMILES string of the molecule is CCCCCC(C)Nc1ccc(C(N)=O)cc1. The molecule has 3 N–H and O–H groups in total. The molecule has 0 saturated carbocycles. The van der Waals surface area contributed by atoms with Gasteiger partial charge in [-0.25, -0.2) is 0 Å². The van der Waals surface area contributed by atoms with Crippen molar-refractivity contribution in [3.8, 4) is 0 Å². The molecule has 1 amide bonds. The molecule has 0 radical (unpaired) electrons. The van der Waals surface area contributed by atoms with Crippen molar-refractivity contribution in [2.75, 3.05) is 5.32 Å². The van der Waals surface area contributed by atoms with Crippen LogP contribution < -0.4 is 11.1 Å². The maximum absolute atomic E-state index is 10.9. The van der Waals surface area contributed by atoms with Crippen molar-refractivity contribution in [1.82, 2.24) is 0 Å². The van der Waals surface area contributed by atoms with E-state index in [0.717, 1.165) is 5.69 Å². The molecule has 1 unspecified atom stereocenters. The number of hydrogen-bond acceptors (Lipinski definition) is 2. The minimum Gasteiger partial charge on any atom is -0.383 e. The van der Waals surface area contributed by atoms with Gasteiger partial charge in [0.2, 0.25) is 5.91 Å². The fraction of sp³-hybridized carbons (Fsp3) is 0.500. The second-order valence-corrected chi connectivity index (χ2v) is 4.48. The van der Waals surface area contributed by atoms with E-state index < -0.39 is 0 Å². The number of nitrogens with two attached hydrogens (primary N) is 1. The minimum atomic E-state index is -0.382. The van der Waals surface area contributed by atoms with Gasteiger partial charge in [-0.15, -0.1) is 0 Å². The number of primary amides is 1. The van der Waals surface area contributed by atoms with Crippen molar-refractivity contribution in [3.63, 3.8) is 0 Å². The molecule has 0 aliphatic heterocycles. The first kappa shape index (κ1) is 13.6. The molecule has 3 heteroatoms. The molecule has 0 spiro atoms. The van der Waals surface area contributed by atoms with Crippen molar-refractivity contribution >= 4 is 11.6 Å². The second kappa shape index (κ2) is 6.94. The van der Waals surface area contributed by atoms with Crippen LogP contribution in [0.25, 0.3) is 0 Å². The van der Waals surface area contributed by atoms with E-state index in [0.29, 0.717) is 11.6 Å². The van der Waals surface area contributed by atoms with E-state index in [1.807, 2.05) is 12.1 Å². The minimum absolute atomic E-state index is 0.382. The van der Waals surface area contributed by atoms with Gasteiger partial charge in [0.25, 0.3) is 0 Å². The van der Waals surface area contributed by atoms with E-state index in [-0.39, 0.29) is 5.91 Å². The number of rotatable bonds is 7. The molecular formula is C14H22N2O. The van der Waals surface area contributed by atoms with Crippen LogP contribution in [0.15, 0.2) is 24.3 Å². The van der Waals surface area contributed by atoms with E-state index in [1.165, 1.54) is 25.7 Å².